The van der Waals surface area contributed by atoms with Crippen molar-refractivity contribution in [3.63, 3.8) is 0 Å². The highest BCUT2D eigenvalue weighted by Crippen LogP contribution is 2.10. The van der Waals surface area contributed by atoms with Crippen molar-refractivity contribution < 1.29 is 4.79 Å². The van der Waals surface area contributed by atoms with Gasteiger partial charge in [0.05, 0.1) is 5.69 Å². The predicted octanol–water partition coefficient (Wildman–Crippen LogP) is 2.38. The van der Waals surface area contributed by atoms with Crippen LogP contribution in [0.4, 0.5) is 5.69 Å². The summed E-state index contributed by atoms with van der Waals surface area (Å²) in [5, 5.41) is 2.73. The Hall–Kier alpha value is -2.07. The monoisotopic (exact) mass is 276 g/mol. The van der Waals surface area contributed by atoms with Gasteiger partial charge in [-0.1, -0.05) is 12.1 Å². The average molecular weight is 277 g/mol. The maximum atomic E-state index is 12.0. The third-order valence-electron chi connectivity index (χ3n) is 2.71. The molecule has 0 aliphatic carbocycles. The van der Waals surface area contributed by atoms with Gasteiger partial charge in [0.2, 0.25) is 5.56 Å². The van der Waals surface area contributed by atoms with E-state index < -0.39 is 0 Å². The van der Waals surface area contributed by atoms with E-state index in [4.69, 9.17) is 11.6 Å². The van der Waals surface area contributed by atoms with Gasteiger partial charge in [-0.3, -0.25) is 9.59 Å². The fourth-order valence-electron chi connectivity index (χ4n) is 1.62. The highest BCUT2D eigenvalue weighted by atomic mass is 35.5. The molecule has 2 aromatic rings. The number of nitrogens with one attached hydrogen (secondary N) is 1. The first-order valence-electron chi connectivity index (χ1n) is 5.73. The van der Waals surface area contributed by atoms with Crippen molar-refractivity contribution in [3.05, 3.63) is 64.1 Å². The molecule has 4 nitrogen and oxygen atoms in total. The summed E-state index contributed by atoms with van der Waals surface area (Å²) in [6.45, 7) is 0. The Morgan fingerprint density at radius 2 is 1.89 bits per heavy atom. The molecule has 1 N–H and O–H groups in total. The van der Waals surface area contributed by atoms with E-state index in [1.165, 1.54) is 10.6 Å². The first-order valence-corrected chi connectivity index (χ1v) is 6.26. The third kappa shape index (κ3) is 3.23. The summed E-state index contributed by atoms with van der Waals surface area (Å²) in [5.74, 6) is 0.197. The SMILES string of the molecule is Cn1cc(NC(=O)c2ccc(CCl)cc2)ccc1=O. The topological polar surface area (TPSA) is 51.1 Å². The van der Waals surface area contributed by atoms with Crippen molar-refractivity contribution in [2.24, 2.45) is 7.05 Å². The Bertz CT molecular complexity index is 647. The maximum Gasteiger partial charge on any atom is 0.255 e. The van der Waals surface area contributed by atoms with E-state index >= 15 is 0 Å². The Kier molecular flexibility index (Phi) is 4.02. The van der Waals surface area contributed by atoms with Crippen LogP contribution in [0.3, 0.4) is 0 Å². The molecule has 0 saturated carbocycles. The van der Waals surface area contributed by atoms with Crippen LogP contribution in [-0.4, -0.2) is 10.5 Å². The highest BCUT2D eigenvalue weighted by molar-refractivity contribution is 6.17. The van der Waals surface area contributed by atoms with Gasteiger partial charge in [-0.05, 0) is 23.8 Å². The minimum absolute atomic E-state index is 0.121. The number of aromatic nitrogens is 1. The number of halogens is 1. The number of pyridine rings is 1. The van der Waals surface area contributed by atoms with Crippen molar-refractivity contribution in [1.82, 2.24) is 4.57 Å². The molecule has 1 aromatic heterocycles. The molecule has 0 aliphatic heterocycles. The molecule has 0 atom stereocenters. The lowest BCUT2D eigenvalue weighted by atomic mass is 10.1. The standard InChI is InChI=1S/C14H13ClN2O2/c1-17-9-12(6-7-13(17)18)16-14(19)11-4-2-10(8-15)3-5-11/h2-7,9H,8H2,1H3,(H,16,19). The lowest BCUT2D eigenvalue weighted by Gasteiger charge is -2.07. The molecule has 0 fully saturated rings. The summed E-state index contributed by atoms with van der Waals surface area (Å²) in [5.41, 5.74) is 1.96. The molecule has 1 heterocycles. The fourth-order valence-corrected chi connectivity index (χ4v) is 1.79. The molecule has 98 valence electrons. The van der Waals surface area contributed by atoms with E-state index in [9.17, 15) is 9.59 Å². The number of anilines is 1. The second-order valence-electron chi connectivity index (χ2n) is 4.15. The molecule has 0 saturated heterocycles. The molecule has 0 radical (unpaired) electrons. The van der Waals surface area contributed by atoms with Gasteiger partial charge in [-0.2, -0.15) is 0 Å². The molecule has 5 heteroatoms. The van der Waals surface area contributed by atoms with Crippen LogP contribution in [0.25, 0.3) is 0 Å². The Morgan fingerprint density at radius 3 is 2.47 bits per heavy atom. The van der Waals surface area contributed by atoms with Gasteiger partial charge in [-0.15, -0.1) is 11.6 Å². The van der Waals surface area contributed by atoms with Crippen LogP contribution in [0.2, 0.25) is 0 Å². The number of aryl methyl sites for hydroxylation is 1. The zero-order valence-corrected chi connectivity index (χ0v) is 11.1. The second-order valence-corrected chi connectivity index (χ2v) is 4.42. The minimum Gasteiger partial charge on any atom is -0.321 e. The zero-order valence-electron chi connectivity index (χ0n) is 10.4. The fraction of sp³-hybridized carbons (Fsp3) is 0.143. The number of benzene rings is 1. The van der Waals surface area contributed by atoms with Crippen molar-refractivity contribution >= 4 is 23.2 Å². The van der Waals surface area contributed by atoms with Crippen molar-refractivity contribution in [1.29, 1.82) is 0 Å². The van der Waals surface area contributed by atoms with Gasteiger partial charge < -0.3 is 9.88 Å². The van der Waals surface area contributed by atoms with Crippen LogP contribution in [0.5, 0.6) is 0 Å². The molecule has 0 bridgehead atoms. The van der Waals surface area contributed by atoms with Gasteiger partial charge in [0, 0.05) is 30.8 Å². The van der Waals surface area contributed by atoms with Gasteiger partial charge in [0.15, 0.2) is 0 Å². The van der Waals surface area contributed by atoms with Crippen LogP contribution >= 0.6 is 11.6 Å². The van der Waals surface area contributed by atoms with Crippen LogP contribution in [0.1, 0.15) is 15.9 Å². The van der Waals surface area contributed by atoms with E-state index in [1.807, 2.05) is 12.1 Å². The number of hydrogen-bond donors (Lipinski definition) is 1. The number of nitrogens with zero attached hydrogens (tertiary/aromatic N) is 1. The van der Waals surface area contributed by atoms with E-state index in [-0.39, 0.29) is 11.5 Å². The van der Waals surface area contributed by atoms with Crippen LogP contribution in [-0.2, 0) is 12.9 Å². The Balaban J connectivity index is 2.15. The largest absolute Gasteiger partial charge is 0.321 e. The highest BCUT2D eigenvalue weighted by Gasteiger charge is 2.06. The molecular weight excluding hydrogens is 264 g/mol. The third-order valence-corrected chi connectivity index (χ3v) is 3.02. The summed E-state index contributed by atoms with van der Waals surface area (Å²) in [7, 11) is 1.63. The minimum atomic E-state index is -0.222. The lowest BCUT2D eigenvalue weighted by molar-refractivity contribution is 0.102. The van der Waals surface area contributed by atoms with Crippen LogP contribution in [0, 0.1) is 0 Å². The summed E-state index contributed by atoms with van der Waals surface area (Å²) in [6, 6.07) is 10.0. The molecule has 19 heavy (non-hydrogen) atoms. The molecule has 1 amide bonds. The van der Waals surface area contributed by atoms with E-state index in [2.05, 4.69) is 5.32 Å². The zero-order chi connectivity index (χ0) is 13.8. The molecule has 0 aliphatic rings. The first-order chi connectivity index (χ1) is 9.10. The lowest BCUT2D eigenvalue weighted by Crippen LogP contribution is -2.17. The smallest absolute Gasteiger partial charge is 0.255 e. The Labute approximate surface area is 115 Å². The quantitative estimate of drug-likeness (QED) is 0.875. The van der Waals surface area contributed by atoms with E-state index in [1.54, 1.807) is 31.4 Å². The molecular formula is C14H13ClN2O2. The van der Waals surface area contributed by atoms with Crippen molar-refractivity contribution in [3.8, 4) is 0 Å². The van der Waals surface area contributed by atoms with Crippen molar-refractivity contribution in [2.75, 3.05) is 5.32 Å². The van der Waals surface area contributed by atoms with Gasteiger partial charge >= 0.3 is 0 Å². The van der Waals surface area contributed by atoms with Gasteiger partial charge in [0.1, 0.15) is 0 Å². The first kappa shape index (κ1) is 13.4. The summed E-state index contributed by atoms with van der Waals surface area (Å²) >= 11 is 5.69. The van der Waals surface area contributed by atoms with Gasteiger partial charge in [0.25, 0.3) is 5.91 Å². The molecule has 1 aromatic carbocycles. The van der Waals surface area contributed by atoms with Crippen LogP contribution < -0.4 is 10.9 Å². The molecule has 0 unspecified atom stereocenters. The van der Waals surface area contributed by atoms with E-state index in [0.29, 0.717) is 17.1 Å². The second kappa shape index (κ2) is 5.71. The maximum absolute atomic E-state index is 12.0. The van der Waals surface area contributed by atoms with Crippen LogP contribution in [0.15, 0.2) is 47.4 Å². The number of carbonyl (C=O) groups is 1. The number of amides is 1. The molecule has 2 rings (SSSR count). The summed E-state index contributed by atoms with van der Waals surface area (Å²) in [6.07, 6.45) is 1.58. The molecule has 0 spiro atoms. The number of hydrogen-bond acceptors (Lipinski definition) is 2. The Morgan fingerprint density at radius 1 is 1.21 bits per heavy atom. The van der Waals surface area contributed by atoms with Gasteiger partial charge in [-0.25, -0.2) is 0 Å². The van der Waals surface area contributed by atoms with Crippen molar-refractivity contribution in [2.45, 2.75) is 5.88 Å². The number of alkyl halides is 1. The number of rotatable bonds is 3. The number of carbonyl (C=O) groups excluding carboxylic acids is 1. The predicted molar refractivity (Wildman–Crippen MR) is 75.6 cm³/mol. The average Bonchev–Trinajstić information content (AvgIpc) is 2.43. The summed E-state index contributed by atoms with van der Waals surface area (Å²) < 4.78 is 1.41. The normalized spacial score (nSPS) is 10.2. The van der Waals surface area contributed by atoms with E-state index in [0.717, 1.165) is 5.56 Å². The summed E-state index contributed by atoms with van der Waals surface area (Å²) in [4.78, 5) is 23.2.